The maximum atomic E-state index is 12.4. The first-order valence-electron chi connectivity index (χ1n) is 7.76. The zero-order chi connectivity index (χ0) is 18.5. The molecule has 0 spiro atoms. The fourth-order valence-corrected chi connectivity index (χ4v) is 2.53. The van der Waals surface area contributed by atoms with Gasteiger partial charge in [-0.15, -0.1) is 0 Å². The van der Waals surface area contributed by atoms with Crippen molar-refractivity contribution < 1.29 is 19.5 Å². The van der Waals surface area contributed by atoms with Gasteiger partial charge in [0.15, 0.2) is 0 Å². The molecule has 0 radical (unpaired) electrons. The molecule has 7 N–H and O–H groups in total. The second-order valence-corrected chi connectivity index (χ2v) is 6.67. The summed E-state index contributed by atoms with van der Waals surface area (Å²) in [5.41, 5.74) is 11.0. The molecule has 0 rings (SSSR count). The fourth-order valence-electron chi connectivity index (χ4n) is 1.89. The Kier molecular flexibility index (Phi) is 12.8. The molecular formula is C14H28N4O4S2. The third-order valence-electron chi connectivity index (χ3n) is 3.34. The molecule has 24 heavy (non-hydrogen) atoms. The van der Waals surface area contributed by atoms with Crippen LogP contribution in [0.15, 0.2) is 0 Å². The van der Waals surface area contributed by atoms with Crippen LogP contribution in [0.5, 0.6) is 0 Å². The average molecular weight is 381 g/mol. The molecule has 10 heteroatoms. The minimum absolute atomic E-state index is 0.147. The zero-order valence-corrected chi connectivity index (χ0v) is 15.6. The molecule has 0 aromatic carbocycles. The van der Waals surface area contributed by atoms with Crippen LogP contribution in [-0.4, -0.2) is 65.3 Å². The van der Waals surface area contributed by atoms with Crippen LogP contribution in [0.3, 0.4) is 0 Å². The van der Waals surface area contributed by atoms with Crippen molar-refractivity contribution >= 4 is 42.2 Å². The standard InChI is InChI=1S/C14H28N4O4S2/c1-24-7-5-11(14(21)22)18-13(20)10(4-2-3-6-15)17-12(19)9(16)8-23/h9-11,23H,2-8,15-16H2,1H3,(H,17,19)(H,18,20)(H,21,22). The molecule has 3 unspecified atom stereocenters. The molecule has 3 atom stereocenters. The van der Waals surface area contributed by atoms with E-state index in [4.69, 9.17) is 11.5 Å². The summed E-state index contributed by atoms with van der Waals surface area (Å²) in [6.45, 7) is 0.476. The first-order chi connectivity index (χ1) is 11.4. The van der Waals surface area contributed by atoms with E-state index in [0.717, 1.165) is 0 Å². The third-order valence-corrected chi connectivity index (χ3v) is 4.38. The van der Waals surface area contributed by atoms with Crippen molar-refractivity contribution in [2.24, 2.45) is 11.5 Å². The molecule has 0 heterocycles. The number of unbranched alkanes of at least 4 members (excludes halogenated alkanes) is 1. The molecule has 2 amide bonds. The Labute approximate surface area is 152 Å². The van der Waals surface area contributed by atoms with Crippen LogP contribution in [0, 0.1) is 0 Å². The number of thiol groups is 1. The molecule has 0 aromatic heterocycles. The van der Waals surface area contributed by atoms with Gasteiger partial charge in [-0.1, -0.05) is 0 Å². The van der Waals surface area contributed by atoms with E-state index in [1.807, 2.05) is 6.26 Å². The second kappa shape index (κ2) is 13.3. The second-order valence-electron chi connectivity index (χ2n) is 5.32. The summed E-state index contributed by atoms with van der Waals surface area (Å²) in [6, 6.07) is -2.66. The summed E-state index contributed by atoms with van der Waals surface area (Å²) in [5.74, 6) is -1.37. The van der Waals surface area contributed by atoms with Crippen LogP contribution >= 0.6 is 24.4 Å². The number of carboxylic acids is 1. The molecule has 0 aliphatic rings. The van der Waals surface area contributed by atoms with Gasteiger partial charge in [0.25, 0.3) is 0 Å². The summed E-state index contributed by atoms with van der Waals surface area (Å²) in [7, 11) is 0. The van der Waals surface area contributed by atoms with Crippen LogP contribution in [0.25, 0.3) is 0 Å². The summed E-state index contributed by atoms with van der Waals surface area (Å²) < 4.78 is 0. The highest BCUT2D eigenvalue weighted by Gasteiger charge is 2.27. The van der Waals surface area contributed by atoms with Gasteiger partial charge in [-0.05, 0) is 44.2 Å². The monoisotopic (exact) mass is 380 g/mol. The van der Waals surface area contributed by atoms with E-state index >= 15 is 0 Å². The van der Waals surface area contributed by atoms with Gasteiger partial charge in [-0.3, -0.25) is 9.59 Å². The molecule has 0 bridgehead atoms. The van der Waals surface area contributed by atoms with Crippen molar-refractivity contribution in [1.29, 1.82) is 0 Å². The average Bonchev–Trinajstić information content (AvgIpc) is 2.56. The smallest absolute Gasteiger partial charge is 0.326 e. The van der Waals surface area contributed by atoms with Gasteiger partial charge in [0.05, 0.1) is 6.04 Å². The highest BCUT2D eigenvalue weighted by Crippen LogP contribution is 2.05. The highest BCUT2D eigenvalue weighted by atomic mass is 32.2. The highest BCUT2D eigenvalue weighted by molar-refractivity contribution is 7.98. The number of aliphatic carboxylic acids is 1. The van der Waals surface area contributed by atoms with Gasteiger partial charge in [0.2, 0.25) is 11.8 Å². The van der Waals surface area contributed by atoms with Gasteiger partial charge >= 0.3 is 5.97 Å². The van der Waals surface area contributed by atoms with Crippen molar-refractivity contribution in [3.63, 3.8) is 0 Å². The third kappa shape index (κ3) is 9.36. The lowest BCUT2D eigenvalue weighted by Gasteiger charge is -2.22. The quantitative estimate of drug-likeness (QED) is 0.181. The number of thioether (sulfide) groups is 1. The summed E-state index contributed by atoms with van der Waals surface area (Å²) in [5, 5.41) is 14.2. The SMILES string of the molecule is CSCCC(NC(=O)C(CCCCN)NC(=O)C(N)CS)C(=O)O. The van der Waals surface area contributed by atoms with Gasteiger partial charge in [-0.2, -0.15) is 24.4 Å². The van der Waals surface area contributed by atoms with Crippen molar-refractivity contribution in [3.8, 4) is 0 Å². The minimum Gasteiger partial charge on any atom is -0.480 e. The number of nitrogens with one attached hydrogen (secondary N) is 2. The molecule has 8 nitrogen and oxygen atoms in total. The van der Waals surface area contributed by atoms with Crippen LogP contribution in [0.2, 0.25) is 0 Å². The molecule has 0 aromatic rings. The lowest BCUT2D eigenvalue weighted by molar-refractivity contribution is -0.142. The number of nitrogens with two attached hydrogens (primary N) is 2. The largest absolute Gasteiger partial charge is 0.480 e. The minimum atomic E-state index is -1.10. The van der Waals surface area contributed by atoms with Crippen LogP contribution < -0.4 is 22.1 Å². The number of hydrogen-bond acceptors (Lipinski definition) is 7. The number of rotatable bonds is 13. The molecule has 0 fully saturated rings. The van der Waals surface area contributed by atoms with E-state index in [2.05, 4.69) is 23.3 Å². The van der Waals surface area contributed by atoms with Gasteiger partial charge in [-0.25, -0.2) is 4.79 Å². The van der Waals surface area contributed by atoms with Crippen molar-refractivity contribution in [2.45, 2.75) is 43.8 Å². The molecule has 0 aliphatic heterocycles. The lowest BCUT2D eigenvalue weighted by Crippen LogP contribution is -2.54. The summed E-state index contributed by atoms with van der Waals surface area (Å²) in [6.07, 6.45) is 3.86. The first-order valence-corrected chi connectivity index (χ1v) is 9.79. The summed E-state index contributed by atoms with van der Waals surface area (Å²) in [4.78, 5) is 35.5. The Morgan fingerprint density at radius 3 is 2.25 bits per heavy atom. The van der Waals surface area contributed by atoms with Gasteiger partial charge in [0.1, 0.15) is 12.1 Å². The van der Waals surface area contributed by atoms with Crippen LogP contribution in [-0.2, 0) is 14.4 Å². The van der Waals surface area contributed by atoms with Crippen LogP contribution in [0.1, 0.15) is 25.7 Å². The molecule has 0 aliphatic carbocycles. The van der Waals surface area contributed by atoms with Crippen molar-refractivity contribution in [1.82, 2.24) is 10.6 Å². The zero-order valence-electron chi connectivity index (χ0n) is 13.9. The van der Waals surface area contributed by atoms with E-state index in [-0.39, 0.29) is 5.75 Å². The number of carbonyl (C=O) groups excluding carboxylic acids is 2. The van der Waals surface area contributed by atoms with E-state index in [1.165, 1.54) is 11.8 Å². The van der Waals surface area contributed by atoms with Gasteiger partial charge < -0.3 is 27.2 Å². The predicted octanol–water partition coefficient (Wildman–Crippen LogP) is -0.820. The van der Waals surface area contributed by atoms with E-state index < -0.39 is 35.9 Å². The van der Waals surface area contributed by atoms with Crippen molar-refractivity contribution in [3.05, 3.63) is 0 Å². The topological polar surface area (TPSA) is 148 Å². The van der Waals surface area contributed by atoms with Crippen molar-refractivity contribution in [2.75, 3.05) is 24.3 Å². The van der Waals surface area contributed by atoms with E-state index in [9.17, 15) is 19.5 Å². The van der Waals surface area contributed by atoms with Crippen LogP contribution in [0.4, 0.5) is 0 Å². The van der Waals surface area contributed by atoms with E-state index in [0.29, 0.717) is 38.0 Å². The fraction of sp³-hybridized carbons (Fsp3) is 0.786. The normalized spacial score (nSPS) is 14.5. The maximum absolute atomic E-state index is 12.4. The number of carboxylic acid groups (broad SMARTS) is 1. The Balaban J connectivity index is 4.86. The lowest BCUT2D eigenvalue weighted by atomic mass is 10.1. The Hall–Kier alpha value is -0.970. The summed E-state index contributed by atoms with van der Waals surface area (Å²) >= 11 is 5.45. The Morgan fingerprint density at radius 2 is 1.75 bits per heavy atom. The number of hydrogen-bond donors (Lipinski definition) is 6. The first kappa shape index (κ1) is 23.0. The molecule has 140 valence electrons. The maximum Gasteiger partial charge on any atom is 0.326 e. The molecular weight excluding hydrogens is 352 g/mol. The van der Waals surface area contributed by atoms with E-state index in [1.54, 1.807) is 0 Å². The number of amides is 2. The van der Waals surface area contributed by atoms with Gasteiger partial charge in [0, 0.05) is 5.75 Å². The Bertz CT molecular complexity index is 412. The predicted molar refractivity (Wildman–Crippen MR) is 99.2 cm³/mol. The molecule has 0 saturated carbocycles. The number of carbonyl (C=O) groups is 3. The molecule has 0 saturated heterocycles. The Morgan fingerprint density at radius 1 is 1.12 bits per heavy atom.